The van der Waals surface area contributed by atoms with Crippen LogP contribution in [0.3, 0.4) is 0 Å². The summed E-state index contributed by atoms with van der Waals surface area (Å²) >= 11 is 0. The number of phenols is 2. The van der Waals surface area contributed by atoms with Crippen molar-refractivity contribution < 1.29 is 19.8 Å². The quantitative estimate of drug-likeness (QED) is 0.419. The van der Waals surface area contributed by atoms with E-state index < -0.39 is 5.91 Å². The number of aromatic hydroxyl groups is 2. The van der Waals surface area contributed by atoms with Crippen molar-refractivity contribution >= 4 is 17.5 Å². The fourth-order valence-electron chi connectivity index (χ4n) is 2.30. The third-order valence-corrected chi connectivity index (χ3v) is 3.85. The lowest BCUT2D eigenvalue weighted by atomic mass is 10.2. The van der Waals surface area contributed by atoms with Gasteiger partial charge in [-0.1, -0.05) is 0 Å². The highest BCUT2D eigenvalue weighted by molar-refractivity contribution is 6.01. The van der Waals surface area contributed by atoms with Gasteiger partial charge in [0.05, 0.1) is 6.42 Å². The molecule has 0 radical (unpaired) electrons. The van der Waals surface area contributed by atoms with Gasteiger partial charge in [-0.15, -0.1) is 0 Å². The van der Waals surface area contributed by atoms with E-state index in [2.05, 4.69) is 15.4 Å². The van der Waals surface area contributed by atoms with Gasteiger partial charge in [0.1, 0.15) is 0 Å². The van der Waals surface area contributed by atoms with Crippen molar-refractivity contribution in [2.75, 3.05) is 33.2 Å². The molecule has 2 rings (SSSR count). The molecule has 0 atom stereocenters. The Morgan fingerprint density at radius 1 is 1.17 bits per heavy atom. The third-order valence-electron chi connectivity index (χ3n) is 3.85. The normalized spacial score (nSPS) is 16.1. The van der Waals surface area contributed by atoms with Crippen molar-refractivity contribution in [3.05, 3.63) is 23.8 Å². The number of hydrogen-bond acceptors (Lipinski definition) is 6. The molecule has 1 fully saturated rings. The molecule has 1 aliphatic rings. The second-order valence-electron chi connectivity index (χ2n) is 5.85. The summed E-state index contributed by atoms with van der Waals surface area (Å²) in [5.74, 6) is -1.23. The fourth-order valence-corrected chi connectivity index (χ4v) is 2.30. The molecule has 0 bridgehead atoms. The van der Waals surface area contributed by atoms with Crippen molar-refractivity contribution in [1.82, 2.24) is 15.2 Å². The Kier molecular flexibility index (Phi) is 5.75. The molecule has 0 unspecified atom stereocenters. The molecule has 8 heteroatoms. The molecule has 1 aliphatic heterocycles. The van der Waals surface area contributed by atoms with E-state index in [1.807, 2.05) is 7.05 Å². The van der Waals surface area contributed by atoms with Crippen LogP contribution in [0.25, 0.3) is 0 Å². The van der Waals surface area contributed by atoms with Crippen LogP contribution in [0.1, 0.15) is 23.7 Å². The van der Waals surface area contributed by atoms with Gasteiger partial charge in [0.2, 0.25) is 5.91 Å². The lowest BCUT2D eigenvalue weighted by molar-refractivity contribution is -0.131. The Hall–Kier alpha value is -2.61. The Labute approximate surface area is 140 Å². The van der Waals surface area contributed by atoms with Crippen LogP contribution in [0.4, 0.5) is 0 Å². The molecule has 130 valence electrons. The standard InChI is InChI=1S/C16H22N4O4/c1-11(9-15(23)20-7-5-19(2)6-8-20)17-18-16(24)12-3-4-13(21)14(22)10-12/h3-4,10,21-22H,5-9H2,1-2H3,(H,18,24)/b17-11+. The first-order valence-corrected chi connectivity index (χ1v) is 7.68. The summed E-state index contributed by atoms with van der Waals surface area (Å²) in [6.07, 6.45) is 0.144. The van der Waals surface area contributed by atoms with E-state index in [0.29, 0.717) is 18.8 Å². The maximum atomic E-state index is 12.2. The summed E-state index contributed by atoms with van der Waals surface area (Å²) in [6.45, 7) is 4.76. The van der Waals surface area contributed by atoms with Crippen molar-refractivity contribution in [3.63, 3.8) is 0 Å². The van der Waals surface area contributed by atoms with E-state index in [-0.39, 0.29) is 29.4 Å². The van der Waals surface area contributed by atoms with Gasteiger partial charge in [-0.05, 0) is 32.2 Å². The van der Waals surface area contributed by atoms with Gasteiger partial charge in [-0.25, -0.2) is 5.43 Å². The number of nitrogens with one attached hydrogen (secondary N) is 1. The number of carbonyl (C=O) groups excluding carboxylic acids is 2. The fraction of sp³-hybridized carbons (Fsp3) is 0.438. The molecule has 1 aromatic carbocycles. The van der Waals surface area contributed by atoms with Crippen molar-refractivity contribution in [2.24, 2.45) is 5.10 Å². The van der Waals surface area contributed by atoms with Crippen LogP contribution in [0, 0.1) is 0 Å². The Morgan fingerprint density at radius 2 is 1.83 bits per heavy atom. The third kappa shape index (κ3) is 4.69. The van der Waals surface area contributed by atoms with Crippen LogP contribution in [-0.2, 0) is 4.79 Å². The summed E-state index contributed by atoms with van der Waals surface area (Å²) in [4.78, 5) is 28.0. The molecule has 1 aromatic rings. The summed E-state index contributed by atoms with van der Waals surface area (Å²) in [5.41, 5.74) is 2.99. The predicted molar refractivity (Wildman–Crippen MR) is 89.0 cm³/mol. The molecule has 0 aliphatic carbocycles. The average molecular weight is 334 g/mol. The molecule has 1 saturated heterocycles. The summed E-state index contributed by atoms with van der Waals surface area (Å²) in [5, 5.41) is 22.5. The minimum atomic E-state index is -0.531. The number of rotatable bonds is 4. The maximum absolute atomic E-state index is 12.2. The lowest BCUT2D eigenvalue weighted by Crippen LogP contribution is -2.47. The number of phenolic OH excluding ortho intramolecular Hbond substituents is 2. The van der Waals surface area contributed by atoms with Crippen molar-refractivity contribution in [3.8, 4) is 11.5 Å². The van der Waals surface area contributed by atoms with Crippen LogP contribution in [0.5, 0.6) is 11.5 Å². The van der Waals surface area contributed by atoms with E-state index in [0.717, 1.165) is 19.2 Å². The molecule has 0 aromatic heterocycles. The smallest absolute Gasteiger partial charge is 0.271 e. The topological polar surface area (TPSA) is 105 Å². The molecule has 3 N–H and O–H groups in total. The molecule has 2 amide bonds. The molecule has 24 heavy (non-hydrogen) atoms. The van der Waals surface area contributed by atoms with Gasteiger partial charge in [0, 0.05) is 37.5 Å². The molecular formula is C16H22N4O4. The zero-order valence-corrected chi connectivity index (χ0v) is 13.8. The van der Waals surface area contributed by atoms with E-state index in [4.69, 9.17) is 0 Å². The molecule has 0 saturated carbocycles. The van der Waals surface area contributed by atoms with Crippen molar-refractivity contribution in [2.45, 2.75) is 13.3 Å². The number of hydrogen-bond donors (Lipinski definition) is 3. The van der Waals surface area contributed by atoms with Crippen molar-refractivity contribution in [1.29, 1.82) is 0 Å². The Morgan fingerprint density at radius 3 is 2.46 bits per heavy atom. The predicted octanol–water partition coefficient (Wildman–Crippen LogP) is 0.368. The molecular weight excluding hydrogens is 312 g/mol. The minimum Gasteiger partial charge on any atom is -0.504 e. The first kappa shape index (κ1) is 17.7. The first-order valence-electron chi connectivity index (χ1n) is 7.68. The van der Waals surface area contributed by atoms with Crippen LogP contribution in [0.15, 0.2) is 23.3 Å². The number of nitrogens with zero attached hydrogens (tertiary/aromatic N) is 3. The van der Waals surface area contributed by atoms with Gasteiger partial charge in [-0.2, -0.15) is 5.10 Å². The molecule has 8 nitrogen and oxygen atoms in total. The van der Waals surface area contributed by atoms with E-state index in [1.54, 1.807) is 11.8 Å². The number of piperazine rings is 1. The van der Waals surface area contributed by atoms with E-state index in [1.165, 1.54) is 12.1 Å². The van der Waals surface area contributed by atoms with Gasteiger partial charge in [0.15, 0.2) is 11.5 Å². The number of benzene rings is 1. The largest absolute Gasteiger partial charge is 0.504 e. The second kappa shape index (κ2) is 7.78. The monoisotopic (exact) mass is 334 g/mol. The van der Waals surface area contributed by atoms with Gasteiger partial charge in [0.25, 0.3) is 5.91 Å². The highest BCUT2D eigenvalue weighted by Gasteiger charge is 2.19. The van der Waals surface area contributed by atoms with Gasteiger partial charge in [-0.3, -0.25) is 9.59 Å². The minimum absolute atomic E-state index is 0.0131. The van der Waals surface area contributed by atoms with Gasteiger partial charge >= 0.3 is 0 Å². The number of carbonyl (C=O) groups is 2. The Bertz CT molecular complexity index is 651. The van der Waals surface area contributed by atoms with E-state index >= 15 is 0 Å². The molecule has 1 heterocycles. The second-order valence-corrected chi connectivity index (χ2v) is 5.85. The SMILES string of the molecule is C/C(CC(=O)N1CCN(C)CC1)=N\NC(=O)c1ccc(O)c(O)c1. The average Bonchev–Trinajstić information content (AvgIpc) is 2.55. The summed E-state index contributed by atoms with van der Waals surface area (Å²) < 4.78 is 0. The van der Waals surface area contributed by atoms with Crippen LogP contribution >= 0.6 is 0 Å². The van der Waals surface area contributed by atoms with Crippen LogP contribution in [-0.4, -0.2) is 70.8 Å². The lowest BCUT2D eigenvalue weighted by Gasteiger charge is -2.32. The van der Waals surface area contributed by atoms with Crippen LogP contribution < -0.4 is 5.43 Å². The van der Waals surface area contributed by atoms with Crippen LogP contribution in [0.2, 0.25) is 0 Å². The van der Waals surface area contributed by atoms with E-state index in [9.17, 15) is 19.8 Å². The summed E-state index contributed by atoms with van der Waals surface area (Å²) in [6, 6.07) is 3.73. The summed E-state index contributed by atoms with van der Waals surface area (Å²) in [7, 11) is 2.02. The number of amides is 2. The maximum Gasteiger partial charge on any atom is 0.271 e. The first-order chi connectivity index (χ1) is 11.4. The molecule has 0 spiro atoms. The highest BCUT2D eigenvalue weighted by atomic mass is 16.3. The number of likely N-dealkylation sites (N-methyl/N-ethyl adjacent to an activating group) is 1. The Balaban J connectivity index is 1.87. The zero-order valence-electron chi connectivity index (χ0n) is 13.8. The van der Waals surface area contributed by atoms with Gasteiger partial charge < -0.3 is 20.0 Å². The highest BCUT2D eigenvalue weighted by Crippen LogP contribution is 2.24. The zero-order chi connectivity index (χ0) is 17.7. The number of hydrazone groups is 1.